The Balaban J connectivity index is 2.06. The number of unbranched alkanes of at least 4 members (excludes halogenated alkanes) is 4. The summed E-state index contributed by atoms with van der Waals surface area (Å²) >= 11 is 0. The molecule has 0 bridgehead atoms. The Morgan fingerprint density at radius 2 is 1.74 bits per heavy atom. The standard InChI is InChI=1S/C21H31NO/c1-4-5-6-7-10-15-23-21-14-13-18-11-8-9-12-19(18)20(21)16-22-17(2)3/h8-9,11-14,17,22H,4-7,10,15-16H2,1-3H3. The van der Waals surface area contributed by atoms with Gasteiger partial charge in [-0.2, -0.15) is 0 Å². The van der Waals surface area contributed by atoms with Crippen molar-refractivity contribution in [3.8, 4) is 5.75 Å². The largest absolute Gasteiger partial charge is 0.493 e. The van der Waals surface area contributed by atoms with Crippen molar-refractivity contribution in [1.82, 2.24) is 5.32 Å². The minimum absolute atomic E-state index is 0.468. The lowest BCUT2D eigenvalue weighted by molar-refractivity contribution is 0.301. The first-order chi connectivity index (χ1) is 11.2. The molecule has 2 nitrogen and oxygen atoms in total. The van der Waals surface area contributed by atoms with E-state index in [4.69, 9.17) is 4.74 Å². The summed E-state index contributed by atoms with van der Waals surface area (Å²) in [6.45, 7) is 8.28. The van der Waals surface area contributed by atoms with E-state index in [0.29, 0.717) is 6.04 Å². The van der Waals surface area contributed by atoms with Crippen LogP contribution in [0.1, 0.15) is 58.4 Å². The zero-order chi connectivity index (χ0) is 16.5. The minimum Gasteiger partial charge on any atom is -0.493 e. The van der Waals surface area contributed by atoms with Crippen molar-refractivity contribution < 1.29 is 4.74 Å². The van der Waals surface area contributed by atoms with Gasteiger partial charge in [0.1, 0.15) is 5.75 Å². The van der Waals surface area contributed by atoms with Crippen LogP contribution in [0.15, 0.2) is 36.4 Å². The van der Waals surface area contributed by atoms with E-state index in [2.05, 4.69) is 62.5 Å². The second-order valence-corrected chi connectivity index (χ2v) is 6.56. The van der Waals surface area contributed by atoms with Gasteiger partial charge in [0.2, 0.25) is 0 Å². The Morgan fingerprint density at radius 1 is 0.957 bits per heavy atom. The monoisotopic (exact) mass is 313 g/mol. The van der Waals surface area contributed by atoms with E-state index in [0.717, 1.165) is 25.3 Å². The average molecular weight is 313 g/mol. The minimum atomic E-state index is 0.468. The van der Waals surface area contributed by atoms with E-state index >= 15 is 0 Å². The van der Waals surface area contributed by atoms with Crippen LogP contribution in [0.4, 0.5) is 0 Å². The molecule has 2 aromatic carbocycles. The van der Waals surface area contributed by atoms with Gasteiger partial charge >= 0.3 is 0 Å². The van der Waals surface area contributed by atoms with Crippen LogP contribution in [0, 0.1) is 0 Å². The summed E-state index contributed by atoms with van der Waals surface area (Å²) < 4.78 is 6.12. The highest BCUT2D eigenvalue weighted by Crippen LogP contribution is 2.28. The Morgan fingerprint density at radius 3 is 2.52 bits per heavy atom. The Bertz CT molecular complexity index is 591. The molecule has 0 aliphatic heterocycles. The maximum absolute atomic E-state index is 6.12. The molecule has 0 fully saturated rings. The van der Waals surface area contributed by atoms with Crippen molar-refractivity contribution in [3.05, 3.63) is 42.0 Å². The van der Waals surface area contributed by atoms with Crippen LogP contribution in [0.2, 0.25) is 0 Å². The van der Waals surface area contributed by atoms with Crippen molar-refractivity contribution in [2.75, 3.05) is 6.61 Å². The van der Waals surface area contributed by atoms with Crippen molar-refractivity contribution in [3.63, 3.8) is 0 Å². The highest BCUT2D eigenvalue weighted by Gasteiger charge is 2.09. The second kappa shape index (κ2) is 9.57. The maximum atomic E-state index is 6.12. The van der Waals surface area contributed by atoms with E-state index in [9.17, 15) is 0 Å². The smallest absolute Gasteiger partial charge is 0.124 e. The normalized spacial score (nSPS) is 11.3. The fourth-order valence-corrected chi connectivity index (χ4v) is 2.83. The molecule has 0 saturated heterocycles. The SMILES string of the molecule is CCCCCCCOc1ccc2ccccc2c1CNC(C)C. The van der Waals surface area contributed by atoms with Crippen LogP contribution in [0.3, 0.4) is 0 Å². The van der Waals surface area contributed by atoms with Gasteiger partial charge in [0.05, 0.1) is 6.61 Å². The molecule has 0 radical (unpaired) electrons. The third-order valence-corrected chi connectivity index (χ3v) is 4.19. The third-order valence-electron chi connectivity index (χ3n) is 4.19. The first kappa shape index (κ1) is 17.8. The average Bonchev–Trinajstić information content (AvgIpc) is 2.56. The first-order valence-corrected chi connectivity index (χ1v) is 9.09. The van der Waals surface area contributed by atoms with E-state index in [1.807, 2.05) is 0 Å². The van der Waals surface area contributed by atoms with Crippen LogP contribution in [-0.4, -0.2) is 12.6 Å². The zero-order valence-electron chi connectivity index (χ0n) is 14.9. The van der Waals surface area contributed by atoms with Gasteiger partial charge in [-0.25, -0.2) is 0 Å². The highest BCUT2D eigenvalue weighted by atomic mass is 16.5. The first-order valence-electron chi connectivity index (χ1n) is 9.09. The summed E-state index contributed by atoms with van der Waals surface area (Å²) in [4.78, 5) is 0. The molecule has 0 heterocycles. The van der Waals surface area contributed by atoms with Crippen LogP contribution in [-0.2, 0) is 6.54 Å². The molecule has 0 aliphatic rings. The van der Waals surface area contributed by atoms with Crippen molar-refractivity contribution >= 4 is 10.8 Å². The van der Waals surface area contributed by atoms with Crippen LogP contribution in [0.5, 0.6) is 5.75 Å². The summed E-state index contributed by atoms with van der Waals surface area (Å²) in [5, 5.41) is 6.11. The summed E-state index contributed by atoms with van der Waals surface area (Å²) in [7, 11) is 0. The number of rotatable bonds is 10. The summed E-state index contributed by atoms with van der Waals surface area (Å²) in [5.41, 5.74) is 1.28. The van der Waals surface area contributed by atoms with E-state index in [-0.39, 0.29) is 0 Å². The van der Waals surface area contributed by atoms with Gasteiger partial charge in [-0.3, -0.25) is 0 Å². The highest BCUT2D eigenvalue weighted by molar-refractivity contribution is 5.87. The molecule has 126 valence electrons. The van der Waals surface area contributed by atoms with Crippen LogP contribution >= 0.6 is 0 Å². The molecular weight excluding hydrogens is 282 g/mol. The molecule has 23 heavy (non-hydrogen) atoms. The molecule has 0 spiro atoms. The predicted octanol–water partition coefficient (Wildman–Crippen LogP) is 5.69. The molecule has 2 rings (SSSR count). The van der Waals surface area contributed by atoms with Gasteiger partial charge in [0, 0.05) is 18.2 Å². The van der Waals surface area contributed by atoms with Crippen molar-refractivity contribution in [2.24, 2.45) is 0 Å². The molecule has 2 aromatic rings. The van der Waals surface area contributed by atoms with E-state index in [1.54, 1.807) is 0 Å². The van der Waals surface area contributed by atoms with Gasteiger partial charge in [-0.15, -0.1) is 0 Å². The second-order valence-electron chi connectivity index (χ2n) is 6.56. The van der Waals surface area contributed by atoms with Crippen LogP contribution < -0.4 is 10.1 Å². The molecule has 1 N–H and O–H groups in total. The molecule has 2 heteroatoms. The van der Waals surface area contributed by atoms with Crippen molar-refractivity contribution in [2.45, 2.75) is 65.5 Å². The fraction of sp³-hybridized carbons (Fsp3) is 0.524. The fourth-order valence-electron chi connectivity index (χ4n) is 2.83. The van der Waals surface area contributed by atoms with Crippen molar-refractivity contribution in [1.29, 1.82) is 0 Å². The predicted molar refractivity (Wildman–Crippen MR) is 100 cm³/mol. The lowest BCUT2D eigenvalue weighted by atomic mass is 10.0. The summed E-state index contributed by atoms with van der Waals surface area (Å²) in [6, 6.07) is 13.3. The summed E-state index contributed by atoms with van der Waals surface area (Å²) in [5.74, 6) is 1.03. The molecule has 0 amide bonds. The number of hydrogen-bond acceptors (Lipinski definition) is 2. The number of fused-ring (bicyclic) bond motifs is 1. The quantitative estimate of drug-likeness (QED) is 0.569. The van der Waals surface area contributed by atoms with E-state index < -0.39 is 0 Å². The number of ether oxygens (including phenoxy) is 1. The molecule has 0 atom stereocenters. The van der Waals surface area contributed by atoms with Crippen LogP contribution in [0.25, 0.3) is 10.8 Å². The third kappa shape index (κ3) is 5.54. The number of benzene rings is 2. The Hall–Kier alpha value is -1.54. The number of nitrogens with one attached hydrogen (secondary N) is 1. The lowest BCUT2D eigenvalue weighted by Crippen LogP contribution is -2.22. The van der Waals surface area contributed by atoms with Gasteiger partial charge in [-0.05, 0) is 23.3 Å². The number of hydrogen-bond donors (Lipinski definition) is 1. The van der Waals surface area contributed by atoms with Gasteiger partial charge in [0.25, 0.3) is 0 Å². The van der Waals surface area contributed by atoms with Gasteiger partial charge in [0.15, 0.2) is 0 Å². The topological polar surface area (TPSA) is 21.3 Å². The molecule has 0 aromatic heterocycles. The maximum Gasteiger partial charge on any atom is 0.124 e. The zero-order valence-corrected chi connectivity index (χ0v) is 14.9. The molecule has 0 saturated carbocycles. The summed E-state index contributed by atoms with van der Waals surface area (Å²) in [6.07, 6.45) is 6.35. The molecule has 0 aliphatic carbocycles. The Labute approximate surface area is 141 Å². The van der Waals surface area contributed by atoms with Gasteiger partial charge < -0.3 is 10.1 Å². The van der Waals surface area contributed by atoms with E-state index in [1.165, 1.54) is 42.0 Å². The molecular formula is C21H31NO. The van der Waals surface area contributed by atoms with Gasteiger partial charge in [-0.1, -0.05) is 76.8 Å². The Kier molecular flexibility index (Phi) is 7.41. The lowest BCUT2D eigenvalue weighted by Gasteiger charge is -2.16. The molecule has 0 unspecified atom stereocenters.